The molecule has 1 nitrogen and oxygen atoms in total. The Morgan fingerprint density at radius 3 is 0.691 bits per heavy atom. The number of aryl methyl sites for hydroxylation is 7. The van der Waals surface area contributed by atoms with Gasteiger partial charge in [-0.05, 0) is 197 Å². The highest BCUT2D eigenvalue weighted by Gasteiger charge is 2.03. The van der Waals surface area contributed by atoms with Crippen LogP contribution < -0.4 is 4.74 Å². The molecule has 0 saturated carbocycles. The highest BCUT2D eigenvalue weighted by atomic mass is 16.5. The number of ether oxygens (including phenoxy) is 1. The lowest BCUT2D eigenvalue weighted by molar-refractivity contribution is 0.414. The Labute approximate surface area is 502 Å². The minimum absolute atomic E-state index is 0. The Hall–Kier alpha value is -5.66. The zero-order valence-corrected chi connectivity index (χ0v) is 55.2. The molecule has 446 valence electrons. The maximum Gasteiger partial charge on any atom is 0.118 e. The fraction of sp³-hybridized carbons (Fsp3) is 0.475. The molecule has 0 aromatic heterocycles. The van der Waals surface area contributed by atoms with E-state index in [1.54, 1.807) is 7.11 Å². The van der Waals surface area contributed by atoms with Crippen LogP contribution in [0.3, 0.4) is 0 Å². The molecule has 7 aromatic rings. The fourth-order valence-corrected chi connectivity index (χ4v) is 8.91. The first-order valence-corrected chi connectivity index (χ1v) is 30.8. The quantitative estimate of drug-likeness (QED) is 0.0937. The second kappa shape index (κ2) is 43.1. The molecule has 7 aromatic carbocycles. The van der Waals surface area contributed by atoms with Crippen LogP contribution in [-0.2, 0) is 51.4 Å². The normalized spacial score (nSPS) is 10.4. The Kier molecular flexibility index (Phi) is 40.1. The van der Waals surface area contributed by atoms with Gasteiger partial charge in [0.05, 0.1) is 7.11 Å². The molecule has 0 spiro atoms. The summed E-state index contributed by atoms with van der Waals surface area (Å²) in [5, 5.41) is 0. The zero-order chi connectivity index (χ0) is 60.2. The van der Waals surface area contributed by atoms with Crippen LogP contribution in [0, 0.1) is 83.0 Å². The Morgan fingerprint density at radius 2 is 0.481 bits per heavy atom. The van der Waals surface area contributed by atoms with Crippen molar-refractivity contribution in [3.05, 3.63) is 242 Å². The van der Waals surface area contributed by atoms with Crippen molar-refractivity contribution >= 4 is 0 Å². The van der Waals surface area contributed by atoms with E-state index in [9.17, 15) is 0 Å². The monoisotopic (exact) mass is 1100 g/mol. The molecule has 0 unspecified atom stereocenters. The molecular weight excluding hydrogens is 977 g/mol. The van der Waals surface area contributed by atoms with E-state index in [0.29, 0.717) is 0 Å². The lowest BCUT2D eigenvalue weighted by atomic mass is 9.97. The van der Waals surface area contributed by atoms with Gasteiger partial charge in [-0.15, -0.1) is 0 Å². The summed E-state index contributed by atoms with van der Waals surface area (Å²) < 4.78 is 5.07. The molecule has 0 radical (unpaired) electrons. The van der Waals surface area contributed by atoms with Crippen molar-refractivity contribution in [1.82, 2.24) is 0 Å². The first-order chi connectivity index (χ1) is 37.8. The predicted molar refractivity (Wildman–Crippen MR) is 366 cm³/mol. The van der Waals surface area contributed by atoms with Crippen molar-refractivity contribution in [1.29, 1.82) is 0 Å². The highest BCUT2D eigenvalue weighted by Crippen LogP contribution is 2.17. The van der Waals surface area contributed by atoms with Crippen LogP contribution in [0.5, 0.6) is 5.75 Å². The average molecular weight is 1100 g/mol. The highest BCUT2D eigenvalue weighted by molar-refractivity contribution is 5.31. The van der Waals surface area contributed by atoms with E-state index < -0.39 is 0 Å². The number of hydrogen-bond acceptors (Lipinski definition) is 1. The van der Waals surface area contributed by atoms with Crippen LogP contribution in [0.25, 0.3) is 0 Å². The number of methoxy groups -OCH3 is 1. The summed E-state index contributed by atoms with van der Waals surface area (Å²) in [5.41, 5.74) is 19.7. The molecule has 0 aliphatic carbocycles. The van der Waals surface area contributed by atoms with Gasteiger partial charge in [0.1, 0.15) is 5.75 Å². The summed E-state index contributed by atoms with van der Waals surface area (Å²) >= 11 is 0. The van der Waals surface area contributed by atoms with E-state index in [4.69, 9.17) is 4.74 Å². The summed E-state index contributed by atoms with van der Waals surface area (Å²) in [6.45, 7) is 46.5. The largest absolute Gasteiger partial charge is 0.497 e. The number of hydrogen-bond donors (Lipinski definition) is 0. The molecule has 0 saturated heterocycles. The summed E-state index contributed by atoms with van der Waals surface area (Å²) in [6.07, 6.45) is 9.46. The van der Waals surface area contributed by atoms with E-state index in [2.05, 4.69) is 297 Å². The van der Waals surface area contributed by atoms with Gasteiger partial charge >= 0.3 is 0 Å². The van der Waals surface area contributed by atoms with E-state index in [1.165, 1.54) is 116 Å². The SMILES string of the molecule is C.CCc1ccc(CC(C)C)cc1.COc1ccc(CC(C)C)cc1.Cc1ccc(CC(C)C)c(C)c1.Cc1ccc(CC(C)C)cc1.Cc1ccc(CC(C)C)cc1.Cc1ccc(CC(C)C)cc1.Cc1ccc(CC(C)C)cc1. The number of benzene rings is 7. The van der Waals surface area contributed by atoms with Gasteiger partial charge < -0.3 is 4.74 Å². The molecule has 0 heterocycles. The molecule has 0 aliphatic rings. The third-order valence-electron chi connectivity index (χ3n) is 13.1. The topological polar surface area (TPSA) is 9.23 Å². The van der Waals surface area contributed by atoms with Crippen LogP contribution in [0.2, 0.25) is 0 Å². The van der Waals surface area contributed by atoms with Crippen LogP contribution in [0.1, 0.15) is 189 Å². The van der Waals surface area contributed by atoms with Gasteiger partial charge in [-0.3, -0.25) is 0 Å². The van der Waals surface area contributed by atoms with E-state index in [-0.39, 0.29) is 7.43 Å². The van der Waals surface area contributed by atoms with Crippen molar-refractivity contribution in [3.63, 3.8) is 0 Å². The van der Waals surface area contributed by atoms with E-state index >= 15 is 0 Å². The molecule has 0 amide bonds. The average Bonchev–Trinajstić information content (AvgIpc) is 3.38. The van der Waals surface area contributed by atoms with Crippen LogP contribution >= 0.6 is 0 Å². The van der Waals surface area contributed by atoms with Crippen molar-refractivity contribution in [2.75, 3.05) is 7.11 Å². The van der Waals surface area contributed by atoms with Crippen LogP contribution in [0.4, 0.5) is 0 Å². The van der Waals surface area contributed by atoms with Gasteiger partial charge in [0.2, 0.25) is 0 Å². The summed E-state index contributed by atoms with van der Waals surface area (Å²) in [6, 6.07) is 59.1. The summed E-state index contributed by atoms with van der Waals surface area (Å²) in [4.78, 5) is 0. The summed E-state index contributed by atoms with van der Waals surface area (Å²) in [5.74, 6) is 6.22. The van der Waals surface area contributed by atoms with Gasteiger partial charge in [0.15, 0.2) is 0 Å². The lowest BCUT2D eigenvalue weighted by Gasteiger charge is -2.08. The molecule has 7 rings (SSSR count). The first kappa shape index (κ1) is 75.3. The molecule has 0 bridgehead atoms. The van der Waals surface area contributed by atoms with E-state index in [0.717, 1.165) is 60.0 Å². The maximum atomic E-state index is 5.07. The first-order valence-electron chi connectivity index (χ1n) is 30.8. The number of rotatable bonds is 16. The predicted octanol–water partition coefficient (Wildman–Crippen LogP) is 23.3. The smallest absolute Gasteiger partial charge is 0.118 e. The third kappa shape index (κ3) is 39.4. The van der Waals surface area contributed by atoms with Gasteiger partial charge in [0, 0.05) is 0 Å². The second-order valence-electron chi connectivity index (χ2n) is 25.6. The molecule has 0 aliphatic heterocycles. The Bertz CT molecular complexity index is 2310. The molecule has 81 heavy (non-hydrogen) atoms. The van der Waals surface area contributed by atoms with Crippen molar-refractivity contribution in [2.45, 2.75) is 204 Å². The van der Waals surface area contributed by atoms with Gasteiger partial charge in [-0.1, -0.05) is 291 Å². The Balaban J connectivity index is 0.000000920. The third-order valence-corrected chi connectivity index (χ3v) is 13.1. The Morgan fingerprint density at radius 1 is 0.272 bits per heavy atom. The zero-order valence-electron chi connectivity index (χ0n) is 55.2. The van der Waals surface area contributed by atoms with Crippen LogP contribution in [0.15, 0.2) is 164 Å². The van der Waals surface area contributed by atoms with Crippen molar-refractivity contribution in [2.24, 2.45) is 41.4 Å². The molecule has 0 fully saturated rings. The molecule has 1 heteroatoms. The standard InChI is InChI=1S/2C12H18.C11H16O.4C11H16.CH4/c1-9(2)7-12-6-5-10(3)8-11(12)4;1-4-11-5-7-12(8-6-11)9-10(2)3;1-9(2)8-10-4-6-11(12-3)7-5-10;4*1-9(2)8-11-6-4-10(3)5-7-11;/h5-6,8-9H,7H2,1-4H3;5-8,10H,4,9H2,1-3H3;4-7,9H,8H2,1-3H3;4*4-7,9H,8H2,1-3H3;1H4. The molecular formula is C80H120O. The van der Waals surface area contributed by atoms with Gasteiger partial charge in [0.25, 0.3) is 0 Å². The minimum atomic E-state index is 0. The van der Waals surface area contributed by atoms with Crippen molar-refractivity contribution < 1.29 is 4.74 Å². The second-order valence-corrected chi connectivity index (χ2v) is 25.6. The fourth-order valence-electron chi connectivity index (χ4n) is 8.91. The minimum Gasteiger partial charge on any atom is -0.497 e. The van der Waals surface area contributed by atoms with Gasteiger partial charge in [-0.2, -0.15) is 0 Å². The molecule has 0 atom stereocenters. The molecule has 0 N–H and O–H groups in total. The van der Waals surface area contributed by atoms with Crippen LogP contribution in [-0.4, -0.2) is 7.11 Å². The van der Waals surface area contributed by atoms with Gasteiger partial charge in [-0.25, -0.2) is 0 Å². The van der Waals surface area contributed by atoms with E-state index in [1.807, 2.05) is 12.1 Å². The van der Waals surface area contributed by atoms with Crippen molar-refractivity contribution in [3.8, 4) is 5.75 Å². The lowest BCUT2D eigenvalue weighted by Crippen LogP contribution is -1.96. The summed E-state index contributed by atoms with van der Waals surface area (Å²) in [7, 11) is 1.69. The maximum absolute atomic E-state index is 5.07.